The van der Waals surface area contributed by atoms with Gasteiger partial charge >= 0.3 is 11.9 Å². The second-order valence-corrected chi connectivity index (χ2v) is 8.48. The molecule has 0 spiro atoms. The molecule has 2 atom stereocenters. The lowest BCUT2D eigenvalue weighted by Gasteiger charge is -2.30. The van der Waals surface area contributed by atoms with E-state index in [1.165, 1.54) is 16.4 Å². The van der Waals surface area contributed by atoms with Crippen molar-refractivity contribution in [2.45, 2.75) is 43.3 Å². The van der Waals surface area contributed by atoms with Crippen molar-refractivity contribution >= 4 is 22.0 Å². The first-order chi connectivity index (χ1) is 12.3. The molecule has 2 saturated heterocycles. The van der Waals surface area contributed by atoms with Gasteiger partial charge in [0.15, 0.2) is 0 Å². The van der Waals surface area contributed by atoms with Crippen molar-refractivity contribution in [1.82, 2.24) is 4.31 Å². The van der Waals surface area contributed by atoms with Crippen LogP contribution in [-0.2, 0) is 29.1 Å². The summed E-state index contributed by atoms with van der Waals surface area (Å²) in [5, 5.41) is 0. The average molecular weight is 385 g/mol. The molecule has 2 fully saturated rings. The molecule has 1 aromatic carbocycles. The number of halogens is 1. The molecule has 0 aromatic heterocycles. The van der Waals surface area contributed by atoms with Gasteiger partial charge in [0.1, 0.15) is 11.9 Å². The number of carbonyl (C=O) groups is 2. The lowest BCUT2D eigenvalue weighted by atomic mass is 9.98. The highest BCUT2D eigenvalue weighted by Crippen LogP contribution is 2.26. The van der Waals surface area contributed by atoms with Crippen molar-refractivity contribution in [3.8, 4) is 0 Å². The minimum atomic E-state index is -3.73. The Labute approximate surface area is 151 Å². The highest BCUT2D eigenvalue weighted by molar-refractivity contribution is 7.89. The number of rotatable bonds is 4. The van der Waals surface area contributed by atoms with Crippen LogP contribution in [0.2, 0.25) is 0 Å². The molecule has 0 unspecified atom stereocenters. The molecule has 0 aliphatic carbocycles. The van der Waals surface area contributed by atoms with Crippen molar-refractivity contribution in [1.29, 1.82) is 0 Å². The number of hydrogen-bond donors (Lipinski definition) is 0. The minimum Gasteiger partial charge on any atom is -0.460 e. The zero-order chi connectivity index (χ0) is 18.9. The third kappa shape index (κ3) is 3.88. The molecule has 9 heteroatoms. The van der Waals surface area contributed by atoms with Crippen LogP contribution < -0.4 is 0 Å². The van der Waals surface area contributed by atoms with Crippen molar-refractivity contribution < 1.29 is 31.9 Å². The highest BCUT2D eigenvalue weighted by atomic mass is 32.2. The summed E-state index contributed by atoms with van der Waals surface area (Å²) in [6.45, 7) is 2.04. The Morgan fingerprint density at radius 2 is 1.85 bits per heavy atom. The van der Waals surface area contributed by atoms with E-state index in [1.807, 2.05) is 0 Å². The minimum absolute atomic E-state index is 0.0163. The summed E-state index contributed by atoms with van der Waals surface area (Å²) in [6.07, 6.45) is -0.211. The Bertz CT molecular complexity index is 786. The third-order valence-electron chi connectivity index (χ3n) is 4.62. The molecule has 2 aliphatic rings. The van der Waals surface area contributed by atoms with Gasteiger partial charge in [-0.3, -0.25) is 4.79 Å². The van der Waals surface area contributed by atoms with Gasteiger partial charge in [0.05, 0.1) is 10.8 Å². The number of carbonyl (C=O) groups excluding carboxylic acids is 2. The van der Waals surface area contributed by atoms with E-state index >= 15 is 0 Å². The predicted octanol–water partition coefficient (Wildman–Crippen LogP) is 1.47. The number of cyclic esters (lactones) is 1. The highest BCUT2D eigenvalue weighted by Gasteiger charge is 2.38. The smallest absolute Gasteiger partial charge is 0.347 e. The number of esters is 2. The first kappa shape index (κ1) is 18.8. The van der Waals surface area contributed by atoms with Crippen LogP contribution in [0.25, 0.3) is 0 Å². The summed E-state index contributed by atoms with van der Waals surface area (Å²) in [5.41, 5.74) is 0. The number of sulfonamides is 1. The average Bonchev–Trinajstić information content (AvgIpc) is 2.92. The molecule has 2 aliphatic heterocycles. The molecule has 2 heterocycles. The Morgan fingerprint density at radius 1 is 1.23 bits per heavy atom. The summed E-state index contributed by atoms with van der Waals surface area (Å²) in [5.74, 6) is -2.01. The van der Waals surface area contributed by atoms with E-state index in [9.17, 15) is 22.4 Å². The topological polar surface area (TPSA) is 90.0 Å². The van der Waals surface area contributed by atoms with E-state index in [2.05, 4.69) is 0 Å². The van der Waals surface area contributed by atoms with Crippen LogP contribution in [0, 0.1) is 11.7 Å². The molecular weight excluding hydrogens is 365 g/mol. The van der Waals surface area contributed by atoms with Crippen LogP contribution in [-0.4, -0.2) is 50.0 Å². The van der Waals surface area contributed by atoms with Gasteiger partial charge in [0.2, 0.25) is 16.1 Å². The van der Waals surface area contributed by atoms with Gasteiger partial charge in [-0.05, 0) is 44.0 Å². The quantitative estimate of drug-likeness (QED) is 0.729. The van der Waals surface area contributed by atoms with E-state index in [1.54, 1.807) is 6.92 Å². The Kier molecular flexibility index (Phi) is 5.29. The van der Waals surface area contributed by atoms with Crippen molar-refractivity contribution in [2.75, 3.05) is 13.1 Å². The number of nitrogens with zero attached hydrogens (tertiary/aromatic N) is 1. The van der Waals surface area contributed by atoms with Gasteiger partial charge in [-0.2, -0.15) is 4.31 Å². The molecule has 0 N–H and O–H groups in total. The lowest BCUT2D eigenvalue weighted by Crippen LogP contribution is -2.41. The molecule has 7 nitrogen and oxygen atoms in total. The summed E-state index contributed by atoms with van der Waals surface area (Å²) in [6, 6.07) is 4.63. The van der Waals surface area contributed by atoms with Crippen LogP contribution >= 0.6 is 0 Å². The molecule has 1 aromatic rings. The normalized spacial score (nSPS) is 25.1. The van der Waals surface area contributed by atoms with E-state index in [-0.39, 0.29) is 24.1 Å². The molecule has 0 amide bonds. The summed E-state index contributed by atoms with van der Waals surface area (Å²) in [4.78, 5) is 23.8. The SMILES string of the molecule is C[C@H]1C[C@@H](OC(=O)C2CCN(S(=O)(=O)c3ccc(F)cc3)CC2)C(=O)O1. The van der Waals surface area contributed by atoms with Crippen molar-refractivity contribution in [3.05, 3.63) is 30.1 Å². The third-order valence-corrected chi connectivity index (χ3v) is 6.54. The van der Waals surface area contributed by atoms with Gasteiger partial charge in [-0.1, -0.05) is 0 Å². The fraction of sp³-hybridized carbons (Fsp3) is 0.529. The fourth-order valence-corrected chi connectivity index (χ4v) is 4.61. The van der Waals surface area contributed by atoms with Gasteiger partial charge in [-0.25, -0.2) is 17.6 Å². The lowest BCUT2D eigenvalue weighted by molar-refractivity contribution is -0.164. The van der Waals surface area contributed by atoms with E-state index in [4.69, 9.17) is 9.47 Å². The predicted molar refractivity (Wildman–Crippen MR) is 87.9 cm³/mol. The fourth-order valence-electron chi connectivity index (χ4n) is 3.14. The summed E-state index contributed by atoms with van der Waals surface area (Å²) >= 11 is 0. The number of piperidine rings is 1. The maximum atomic E-state index is 13.0. The standard InChI is InChI=1S/C17H20FNO6S/c1-11-10-15(17(21)24-11)25-16(20)12-6-8-19(9-7-12)26(22,23)14-4-2-13(18)3-5-14/h2-5,11-12,15H,6-10H2,1H3/t11-,15+/m0/s1. The van der Waals surface area contributed by atoms with Gasteiger partial charge in [-0.15, -0.1) is 0 Å². The Hall–Kier alpha value is -2.00. The van der Waals surface area contributed by atoms with Crippen LogP contribution in [0.15, 0.2) is 29.2 Å². The van der Waals surface area contributed by atoms with Crippen molar-refractivity contribution in [3.63, 3.8) is 0 Å². The van der Waals surface area contributed by atoms with Crippen LogP contribution in [0.4, 0.5) is 4.39 Å². The molecule has 0 radical (unpaired) electrons. The largest absolute Gasteiger partial charge is 0.460 e. The molecule has 0 saturated carbocycles. The maximum Gasteiger partial charge on any atom is 0.347 e. The molecule has 3 rings (SSSR count). The van der Waals surface area contributed by atoms with E-state index in [0.29, 0.717) is 19.3 Å². The zero-order valence-corrected chi connectivity index (χ0v) is 15.1. The van der Waals surface area contributed by atoms with Crippen LogP contribution in [0.3, 0.4) is 0 Å². The Balaban J connectivity index is 1.57. The summed E-state index contributed by atoms with van der Waals surface area (Å²) in [7, 11) is -3.73. The van der Waals surface area contributed by atoms with Crippen molar-refractivity contribution in [2.24, 2.45) is 5.92 Å². The second kappa shape index (κ2) is 7.32. The van der Waals surface area contributed by atoms with Gasteiger partial charge in [0, 0.05) is 19.5 Å². The maximum absolute atomic E-state index is 13.0. The molecular formula is C17H20FNO6S. The number of benzene rings is 1. The Morgan fingerprint density at radius 3 is 2.38 bits per heavy atom. The number of ether oxygens (including phenoxy) is 2. The van der Waals surface area contributed by atoms with Gasteiger partial charge in [0.25, 0.3) is 0 Å². The molecule has 26 heavy (non-hydrogen) atoms. The van der Waals surface area contributed by atoms with E-state index in [0.717, 1.165) is 12.1 Å². The first-order valence-corrected chi connectivity index (χ1v) is 9.88. The van der Waals surface area contributed by atoms with Crippen LogP contribution in [0.1, 0.15) is 26.2 Å². The van der Waals surface area contributed by atoms with E-state index < -0.39 is 39.8 Å². The second-order valence-electron chi connectivity index (χ2n) is 6.54. The number of hydrogen-bond acceptors (Lipinski definition) is 6. The molecule has 0 bridgehead atoms. The first-order valence-electron chi connectivity index (χ1n) is 8.44. The van der Waals surface area contributed by atoms with Crippen LogP contribution in [0.5, 0.6) is 0 Å². The zero-order valence-electron chi connectivity index (χ0n) is 14.3. The molecule has 142 valence electrons. The monoisotopic (exact) mass is 385 g/mol. The summed E-state index contributed by atoms with van der Waals surface area (Å²) < 4.78 is 49.6. The van der Waals surface area contributed by atoms with Gasteiger partial charge < -0.3 is 9.47 Å².